The van der Waals surface area contributed by atoms with Gasteiger partial charge in [-0.15, -0.1) is 14.6 Å². The van der Waals surface area contributed by atoms with Crippen molar-refractivity contribution in [1.29, 1.82) is 0 Å². The first-order valence-corrected chi connectivity index (χ1v) is 25.9. The van der Waals surface area contributed by atoms with Gasteiger partial charge >= 0.3 is 10.4 Å². The number of nitrogens with one attached hydrogen (secondary N) is 2. The Bertz CT molecular complexity index is 3470. The maximum atomic E-state index is 13.7. The van der Waals surface area contributed by atoms with Gasteiger partial charge in [0.1, 0.15) is 20.4 Å². The van der Waals surface area contributed by atoms with E-state index in [1.807, 2.05) is 10.9 Å². The summed E-state index contributed by atoms with van der Waals surface area (Å²) in [4.78, 5) is 22.2. The van der Waals surface area contributed by atoms with Gasteiger partial charge in [-0.3, -0.25) is 42.8 Å². The number of anilines is 2. The second-order valence-corrected chi connectivity index (χ2v) is 21.8. The van der Waals surface area contributed by atoms with Gasteiger partial charge in [-0.25, -0.2) is 26.3 Å². The van der Waals surface area contributed by atoms with Gasteiger partial charge in [0.25, 0.3) is 30.4 Å². The van der Waals surface area contributed by atoms with Crippen molar-refractivity contribution in [2.24, 2.45) is 20.4 Å². The number of nitrogens with zero attached hydrogens (tertiary/aromatic N) is 4. The largest absolute Gasteiger partial charge is 0.504 e. The fourth-order valence-electron chi connectivity index (χ4n) is 4.75. The monoisotopic (exact) mass is 1050 g/mol. The number of benzene rings is 4. The highest BCUT2D eigenvalue weighted by atomic mass is 32.3. The predicted octanol–water partition coefficient (Wildman–Crippen LogP) is -0.633. The number of phenolic OH excluding ortho intramolecular Hbond substituents is 1. The van der Waals surface area contributed by atoms with Crippen molar-refractivity contribution in [1.82, 2.24) is 0 Å². The van der Waals surface area contributed by atoms with Crippen LogP contribution in [0.3, 0.4) is 0 Å². The van der Waals surface area contributed by atoms with Gasteiger partial charge in [-0.05, 0) is 48.5 Å². The van der Waals surface area contributed by atoms with Gasteiger partial charge in [-0.2, -0.15) is 43.9 Å². The molecule has 0 heterocycles. The molecular weight excluding hydrogens is 1030 g/mol. The minimum Gasteiger partial charge on any atom is -0.504 e. The Kier molecular flexibility index (Phi) is 16.5. The lowest BCUT2D eigenvalue weighted by molar-refractivity contribution is -0.434. The summed E-state index contributed by atoms with van der Waals surface area (Å²) in [7, 11) is -30.0. The second kappa shape index (κ2) is 20.5. The number of hydrogen-bond donors (Lipinski definition) is 8. The van der Waals surface area contributed by atoms with Crippen molar-refractivity contribution in [2.45, 2.75) is 24.5 Å². The molecule has 65 heavy (non-hydrogen) atoms. The van der Waals surface area contributed by atoms with E-state index < -0.39 is 160 Å². The van der Waals surface area contributed by atoms with Gasteiger partial charge in [0.2, 0.25) is 10.9 Å². The second-order valence-electron chi connectivity index (χ2n) is 11.8. The molecule has 0 atom stereocenters. The number of phenols is 1. The first-order chi connectivity index (χ1) is 30.0. The van der Waals surface area contributed by atoms with Crippen LogP contribution >= 0.6 is 12.3 Å². The maximum absolute atomic E-state index is 13.7. The van der Waals surface area contributed by atoms with Crippen LogP contribution in [-0.4, -0.2) is 104 Å². The molecule has 37 heteroatoms. The van der Waals surface area contributed by atoms with Crippen molar-refractivity contribution < 1.29 is 96.8 Å². The van der Waals surface area contributed by atoms with Crippen molar-refractivity contribution in [3.05, 3.63) is 91.8 Å². The van der Waals surface area contributed by atoms with Crippen molar-refractivity contribution >= 4 is 95.5 Å². The molecule has 0 aromatic heterocycles. The maximum Gasteiger partial charge on any atom is 0.397 e. The summed E-state index contributed by atoms with van der Waals surface area (Å²) in [6, 6.07) is 7.63. The molecule has 0 saturated heterocycles. The molecule has 0 saturated carbocycles. The van der Waals surface area contributed by atoms with Crippen molar-refractivity contribution in [3.63, 3.8) is 0 Å². The van der Waals surface area contributed by atoms with Crippen LogP contribution in [0, 0.1) is 0 Å². The first kappa shape index (κ1) is 52.4. The third-order valence-corrected chi connectivity index (χ3v) is 14.5. The van der Waals surface area contributed by atoms with E-state index in [0.717, 1.165) is 24.3 Å². The fourth-order valence-corrected chi connectivity index (χ4v) is 9.80. The third kappa shape index (κ3) is 13.9. The lowest BCUT2D eigenvalue weighted by Gasteiger charge is -2.10. The molecule has 0 aliphatic carbocycles. The zero-order valence-corrected chi connectivity index (χ0v) is 37.0. The predicted molar refractivity (Wildman–Crippen MR) is 214 cm³/mol. The van der Waals surface area contributed by atoms with Crippen LogP contribution in [0.25, 0.3) is 0 Å². The molecule has 30 nitrogen and oxygen atoms in total. The lowest BCUT2D eigenvalue weighted by atomic mass is 10.2. The Morgan fingerprint density at radius 1 is 0.600 bits per heavy atom. The lowest BCUT2D eigenvalue weighted by Crippen LogP contribution is -2.48. The standard InChI is InChI=1S/C28H26N6O24S7/c35-26-23(32-29-17-3-1-2-4-20(17)62(43,44)45)27(36)25(34-31-19-8-6-16(14-22(19)64(49,50)51)61(41,42)12-10-56-65(52,53)54)28(37)24(26)33-30-18-7-5-15(13-21(18)63(46,47)48)60(39,40)11-9-55-59-58-57-38/h1-8,13-14,29,31,37-38H,9-12H2,(H,43,44,45)(H,46,47,48)(H,49,50,51)(H,52,53,54)/b32-23-,33-30?,34-25-. The highest BCUT2D eigenvalue weighted by molar-refractivity contribution is 7.92. The highest BCUT2D eigenvalue weighted by Gasteiger charge is 2.26. The number of rotatable bonds is 21. The molecule has 354 valence electrons. The molecule has 4 rings (SSSR count). The van der Waals surface area contributed by atoms with Crippen LogP contribution in [0.4, 0.5) is 22.7 Å². The number of aromatic hydroxyl groups is 1. The van der Waals surface area contributed by atoms with Crippen LogP contribution in [0.2, 0.25) is 0 Å². The summed E-state index contributed by atoms with van der Waals surface area (Å²) in [5.74, 6) is -3.57. The number of sulfone groups is 2. The van der Waals surface area contributed by atoms with E-state index >= 15 is 0 Å². The Morgan fingerprint density at radius 3 is 1.69 bits per heavy atom. The Balaban J connectivity index is 1.94. The van der Waals surface area contributed by atoms with E-state index in [1.165, 1.54) is 6.07 Å². The Hall–Kier alpha value is -5.23. The van der Waals surface area contributed by atoms with Crippen LogP contribution < -0.4 is 32.4 Å². The molecule has 0 radical (unpaired) electrons. The van der Waals surface area contributed by atoms with E-state index in [0.29, 0.717) is 30.3 Å². The van der Waals surface area contributed by atoms with Gasteiger partial charge < -0.3 is 5.11 Å². The topological polar surface area (TPSA) is 471 Å². The highest BCUT2D eigenvalue weighted by Crippen LogP contribution is 2.31. The van der Waals surface area contributed by atoms with Crippen LogP contribution in [0.1, 0.15) is 0 Å². The molecule has 0 spiro atoms. The molecule has 0 aliphatic heterocycles. The minimum absolute atomic E-state index is 0.0200. The quantitative estimate of drug-likeness (QED) is 0.0129. The summed E-state index contributed by atoms with van der Waals surface area (Å²) < 4.78 is 197. The van der Waals surface area contributed by atoms with Gasteiger partial charge in [0.15, 0.2) is 54.1 Å². The third-order valence-electron chi connectivity index (χ3n) is 7.59. The minimum atomic E-state index is -5.45. The normalized spacial score (nSPS) is 13.7. The van der Waals surface area contributed by atoms with E-state index in [4.69, 9.17) is 9.81 Å². The number of hydrogen-bond acceptors (Lipinski definition) is 27. The van der Waals surface area contributed by atoms with Crippen LogP contribution in [0.15, 0.2) is 115 Å². The Morgan fingerprint density at radius 2 is 1.12 bits per heavy atom. The SMILES string of the molecule is O=c1c(N=Nc2ccc(S(=O)(=O)CCOSOOO)cc2S(=O)(=O)O)c(O)/c(=N\Nc2ccc(S(=O)(=O)CCOS(=O)(=O)O)cc2S(=O)(=O)O)c(=O)/c1=N\Nc1ccccc1S(=O)(=O)O. The fraction of sp³-hybridized carbons (Fsp3) is 0.143. The average molecular weight is 1060 g/mol. The van der Waals surface area contributed by atoms with Crippen LogP contribution in [-0.2, 0) is 78.2 Å². The van der Waals surface area contributed by atoms with E-state index in [2.05, 4.69) is 38.2 Å². The Labute approximate surface area is 368 Å². The molecule has 0 aliphatic rings. The van der Waals surface area contributed by atoms with E-state index in [-0.39, 0.29) is 12.3 Å². The molecule has 8 N–H and O–H groups in total. The summed E-state index contributed by atoms with van der Waals surface area (Å²) in [6.45, 7) is -1.78. The molecule has 0 fully saturated rings. The van der Waals surface area contributed by atoms with Crippen molar-refractivity contribution in [2.75, 3.05) is 35.6 Å². The van der Waals surface area contributed by atoms with Gasteiger partial charge in [0, 0.05) is 0 Å². The average Bonchev–Trinajstić information content (AvgIpc) is 3.19. The summed E-state index contributed by atoms with van der Waals surface area (Å²) in [6.07, 6.45) is 0. The zero-order valence-electron chi connectivity index (χ0n) is 31.3. The summed E-state index contributed by atoms with van der Waals surface area (Å²) >= 11 is 0.0200. The molecule has 4 aromatic carbocycles. The molecule has 0 unspecified atom stereocenters. The molecule has 4 aromatic rings. The molecular formula is C28H26N6O24S7. The van der Waals surface area contributed by atoms with Crippen molar-refractivity contribution in [3.8, 4) is 5.75 Å². The van der Waals surface area contributed by atoms with Gasteiger partial charge in [-0.1, -0.05) is 17.2 Å². The van der Waals surface area contributed by atoms with Gasteiger partial charge in [0.05, 0.1) is 45.9 Å². The first-order valence-electron chi connectivity index (χ1n) is 16.2. The number of para-hydroxylation sites is 1. The summed E-state index contributed by atoms with van der Waals surface area (Å²) in [5, 5.41) is 33.8. The zero-order chi connectivity index (χ0) is 48.8. The molecule has 0 amide bonds. The van der Waals surface area contributed by atoms with E-state index in [1.54, 1.807) is 0 Å². The van der Waals surface area contributed by atoms with Crippen LogP contribution in [0.5, 0.6) is 5.75 Å². The van der Waals surface area contributed by atoms with E-state index in [9.17, 15) is 78.9 Å². The molecule has 0 bridgehead atoms. The smallest absolute Gasteiger partial charge is 0.397 e. The summed E-state index contributed by atoms with van der Waals surface area (Å²) in [5.41, 5.74) is -3.15. The number of azo groups is 1.